The van der Waals surface area contributed by atoms with E-state index in [9.17, 15) is 8.78 Å². The number of hydrogen-bond donors (Lipinski definition) is 1. The average molecular weight is 297 g/mol. The maximum Gasteiger partial charge on any atom is 0.257 e. The van der Waals surface area contributed by atoms with Gasteiger partial charge in [0.1, 0.15) is 6.54 Å². The van der Waals surface area contributed by atoms with Gasteiger partial charge in [0.05, 0.1) is 17.1 Å². The highest BCUT2D eigenvalue weighted by atomic mass is 19.3. The third-order valence-corrected chi connectivity index (χ3v) is 3.05. The van der Waals surface area contributed by atoms with Crippen LogP contribution in [-0.2, 0) is 26.2 Å². The van der Waals surface area contributed by atoms with E-state index < -0.39 is 6.43 Å². The van der Waals surface area contributed by atoms with Gasteiger partial charge in [-0.2, -0.15) is 10.2 Å². The average Bonchev–Trinajstić information content (AvgIpc) is 2.97. The van der Waals surface area contributed by atoms with Crippen molar-refractivity contribution in [2.24, 2.45) is 0 Å². The summed E-state index contributed by atoms with van der Waals surface area (Å²) in [5, 5.41) is 11.8. The first-order chi connectivity index (χ1) is 10.1. The zero-order valence-electron chi connectivity index (χ0n) is 12.4. The van der Waals surface area contributed by atoms with Crippen molar-refractivity contribution in [2.45, 2.75) is 52.9 Å². The molecule has 0 aliphatic heterocycles. The molecule has 116 valence electrons. The lowest BCUT2D eigenvalue weighted by atomic mass is 10.3. The van der Waals surface area contributed by atoms with Gasteiger partial charge in [0.15, 0.2) is 0 Å². The third-order valence-electron chi connectivity index (χ3n) is 3.05. The number of hydrogen-bond acceptors (Lipinski definition) is 3. The molecule has 0 spiro atoms. The molecule has 2 rings (SSSR count). The van der Waals surface area contributed by atoms with Crippen molar-refractivity contribution in [3.63, 3.8) is 0 Å². The van der Waals surface area contributed by atoms with Gasteiger partial charge in [0, 0.05) is 25.8 Å². The molecular formula is C14H21F2N5. The van der Waals surface area contributed by atoms with Crippen LogP contribution in [0, 0.1) is 6.92 Å². The highest BCUT2D eigenvalue weighted by Gasteiger charge is 2.07. The highest BCUT2D eigenvalue weighted by molar-refractivity contribution is 5.09. The van der Waals surface area contributed by atoms with Crippen LogP contribution in [0.5, 0.6) is 0 Å². The van der Waals surface area contributed by atoms with Crippen LogP contribution in [-0.4, -0.2) is 26.0 Å². The van der Waals surface area contributed by atoms with E-state index in [2.05, 4.69) is 28.5 Å². The Morgan fingerprint density at radius 3 is 2.81 bits per heavy atom. The SMILES string of the molecule is CCCn1nc(C)cc1CNCc1ccn(CC(F)F)n1. The zero-order chi connectivity index (χ0) is 15.2. The van der Waals surface area contributed by atoms with Gasteiger partial charge in [-0.25, -0.2) is 8.78 Å². The highest BCUT2D eigenvalue weighted by Crippen LogP contribution is 2.05. The summed E-state index contributed by atoms with van der Waals surface area (Å²) in [5.74, 6) is 0. The number of alkyl halides is 2. The van der Waals surface area contributed by atoms with Gasteiger partial charge in [-0.3, -0.25) is 9.36 Å². The van der Waals surface area contributed by atoms with Gasteiger partial charge >= 0.3 is 0 Å². The van der Waals surface area contributed by atoms with Gasteiger partial charge in [0.2, 0.25) is 0 Å². The monoisotopic (exact) mass is 297 g/mol. The lowest BCUT2D eigenvalue weighted by Crippen LogP contribution is -2.17. The van der Waals surface area contributed by atoms with Gasteiger partial charge in [0.25, 0.3) is 6.43 Å². The van der Waals surface area contributed by atoms with Crippen molar-refractivity contribution in [3.8, 4) is 0 Å². The molecule has 2 heterocycles. The Morgan fingerprint density at radius 2 is 2.10 bits per heavy atom. The molecule has 0 fully saturated rings. The Balaban J connectivity index is 1.85. The lowest BCUT2D eigenvalue weighted by molar-refractivity contribution is 0.121. The second-order valence-corrected chi connectivity index (χ2v) is 5.02. The van der Waals surface area contributed by atoms with Gasteiger partial charge < -0.3 is 5.32 Å². The molecule has 0 aliphatic rings. The van der Waals surface area contributed by atoms with E-state index in [1.165, 1.54) is 4.68 Å². The summed E-state index contributed by atoms with van der Waals surface area (Å²) in [4.78, 5) is 0. The molecule has 0 amide bonds. The summed E-state index contributed by atoms with van der Waals surface area (Å²) < 4.78 is 27.7. The smallest absolute Gasteiger partial charge is 0.257 e. The first kappa shape index (κ1) is 15.6. The summed E-state index contributed by atoms with van der Waals surface area (Å²) in [6.45, 7) is 5.86. The predicted octanol–water partition coefficient (Wildman–Crippen LogP) is 2.35. The number of rotatable bonds is 8. The normalized spacial score (nSPS) is 11.5. The van der Waals surface area contributed by atoms with Gasteiger partial charge in [-0.05, 0) is 25.5 Å². The van der Waals surface area contributed by atoms with E-state index in [-0.39, 0.29) is 6.54 Å². The molecule has 21 heavy (non-hydrogen) atoms. The Kier molecular flexibility index (Phi) is 5.44. The predicted molar refractivity (Wildman–Crippen MR) is 76.0 cm³/mol. The fraction of sp³-hybridized carbons (Fsp3) is 0.571. The molecule has 1 N–H and O–H groups in total. The fourth-order valence-corrected chi connectivity index (χ4v) is 2.21. The van der Waals surface area contributed by atoms with Crippen LogP contribution in [0.15, 0.2) is 18.3 Å². The molecular weight excluding hydrogens is 276 g/mol. The summed E-state index contributed by atoms with van der Waals surface area (Å²) in [5.41, 5.74) is 2.89. The second-order valence-electron chi connectivity index (χ2n) is 5.02. The lowest BCUT2D eigenvalue weighted by Gasteiger charge is -2.06. The van der Waals surface area contributed by atoms with Crippen molar-refractivity contribution in [1.29, 1.82) is 0 Å². The van der Waals surface area contributed by atoms with E-state index in [1.54, 1.807) is 12.3 Å². The fourth-order valence-electron chi connectivity index (χ4n) is 2.21. The maximum absolute atomic E-state index is 12.2. The Morgan fingerprint density at radius 1 is 1.29 bits per heavy atom. The number of nitrogens with zero attached hydrogens (tertiary/aromatic N) is 4. The standard InChI is InChI=1S/C14H21F2N5/c1-3-5-21-13(7-11(2)18-21)9-17-8-12-4-6-20(19-12)10-14(15)16/h4,6-7,14,17H,3,5,8-10H2,1-2H3. The van der Waals surface area contributed by atoms with Crippen molar-refractivity contribution in [2.75, 3.05) is 0 Å². The first-order valence-electron chi connectivity index (χ1n) is 7.13. The van der Waals surface area contributed by atoms with Crippen molar-refractivity contribution in [1.82, 2.24) is 24.9 Å². The molecule has 5 nitrogen and oxygen atoms in total. The Labute approximate surface area is 123 Å². The van der Waals surface area contributed by atoms with E-state index in [0.29, 0.717) is 13.1 Å². The van der Waals surface area contributed by atoms with E-state index in [4.69, 9.17) is 0 Å². The summed E-state index contributed by atoms with van der Waals surface area (Å²) in [6, 6.07) is 3.81. The number of nitrogens with one attached hydrogen (secondary N) is 1. The summed E-state index contributed by atoms with van der Waals surface area (Å²) in [6.07, 6.45) is 0.234. The molecule has 0 radical (unpaired) electrons. The topological polar surface area (TPSA) is 47.7 Å². The quantitative estimate of drug-likeness (QED) is 0.813. The minimum absolute atomic E-state index is 0.359. The number of aromatic nitrogens is 4. The van der Waals surface area contributed by atoms with Gasteiger partial charge in [-0.15, -0.1) is 0 Å². The zero-order valence-corrected chi connectivity index (χ0v) is 12.4. The molecule has 0 aromatic carbocycles. The van der Waals surface area contributed by atoms with Crippen molar-refractivity contribution in [3.05, 3.63) is 35.4 Å². The molecule has 2 aromatic rings. The van der Waals surface area contributed by atoms with Crippen LogP contribution >= 0.6 is 0 Å². The largest absolute Gasteiger partial charge is 0.305 e. The molecule has 0 atom stereocenters. The Hall–Kier alpha value is -1.76. The molecule has 0 aliphatic carbocycles. The van der Waals surface area contributed by atoms with E-state index in [0.717, 1.165) is 30.0 Å². The molecule has 2 aromatic heterocycles. The first-order valence-corrected chi connectivity index (χ1v) is 7.13. The molecule has 7 heteroatoms. The molecule has 0 bridgehead atoms. The third kappa shape index (κ3) is 4.63. The minimum atomic E-state index is -2.38. The van der Waals surface area contributed by atoms with Crippen LogP contribution in [0.1, 0.15) is 30.4 Å². The van der Waals surface area contributed by atoms with Crippen molar-refractivity contribution < 1.29 is 8.78 Å². The molecule has 0 saturated heterocycles. The molecule has 0 unspecified atom stereocenters. The number of aryl methyl sites for hydroxylation is 2. The van der Waals surface area contributed by atoms with Crippen LogP contribution in [0.4, 0.5) is 8.78 Å². The number of halogens is 2. The maximum atomic E-state index is 12.2. The van der Waals surface area contributed by atoms with E-state index >= 15 is 0 Å². The van der Waals surface area contributed by atoms with E-state index in [1.807, 2.05) is 11.6 Å². The van der Waals surface area contributed by atoms with Crippen LogP contribution in [0.3, 0.4) is 0 Å². The minimum Gasteiger partial charge on any atom is -0.305 e. The van der Waals surface area contributed by atoms with Crippen molar-refractivity contribution >= 4 is 0 Å². The van der Waals surface area contributed by atoms with Crippen LogP contribution in [0.2, 0.25) is 0 Å². The second kappa shape index (κ2) is 7.31. The summed E-state index contributed by atoms with van der Waals surface area (Å²) in [7, 11) is 0. The van der Waals surface area contributed by atoms with Crippen LogP contribution in [0.25, 0.3) is 0 Å². The summed E-state index contributed by atoms with van der Waals surface area (Å²) >= 11 is 0. The Bertz CT molecular complexity index is 561. The van der Waals surface area contributed by atoms with Gasteiger partial charge in [-0.1, -0.05) is 6.92 Å². The molecule has 0 saturated carbocycles. The van der Waals surface area contributed by atoms with Crippen LogP contribution < -0.4 is 5.32 Å².